The van der Waals surface area contributed by atoms with Crippen LogP contribution in [0, 0.1) is 0 Å². The minimum atomic E-state index is 0.910. The molecule has 0 unspecified atom stereocenters. The van der Waals surface area contributed by atoms with E-state index in [1.54, 1.807) is 7.11 Å². The Bertz CT molecular complexity index is 182. The molecule has 0 fully saturated rings. The van der Waals surface area contributed by atoms with Gasteiger partial charge in [-0.25, -0.2) is 0 Å². The van der Waals surface area contributed by atoms with Crippen molar-refractivity contribution >= 4 is 0 Å². The Balaban J connectivity index is 0.000000261. The summed E-state index contributed by atoms with van der Waals surface area (Å²) in [5.41, 5.74) is 0. The number of hydrogen-bond donors (Lipinski definition) is 0. The second-order valence-corrected chi connectivity index (χ2v) is 2.86. The van der Waals surface area contributed by atoms with Crippen LogP contribution < -0.4 is 4.74 Å². The first-order chi connectivity index (χ1) is 5.66. The number of para-hydroxylation sites is 1. The summed E-state index contributed by atoms with van der Waals surface area (Å²) in [6.45, 7) is 0. The largest absolute Gasteiger partial charge is 0.497 e. The molecule has 0 heterocycles. The fraction of sp³-hybridized carbons (Fsp3) is 0.400. The van der Waals surface area contributed by atoms with E-state index < -0.39 is 0 Å². The Morgan fingerprint density at radius 3 is 1.67 bits per heavy atom. The summed E-state index contributed by atoms with van der Waals surface area (Å²) in [5.74, 6) is 0.910. The van der Waals surface area contributed by atoms with Gasteiger partial charge in [-0.2, -0.15) is 0 Å². The maximum Gasteiger partial charge on any atom is 0.118 e. The number of ether oxygens (including phenoxy) is 1. The molecular weight excluding hydrogens is 150 g/mol. The predicted octanol–water partition coefficient (Wildman–Crippen LogP) is 1.87. The second kappa shape index (κ2) is 6.68. The topological polar surface area (TPSA) is 12.5 Å². The van der Waals surface area contributed by atoms with Crippen LogP contribution in [0.15, 0.2) is 30.3 Å². The third kappa shape index (κ3) is 7.09. The first-order valence-electron chi connectivity index (χ1n) is 3.86. The Labute approximate surface area is 74.8 Å². The number of methoxy groups -OCH3 is 1. The SMILES string of the molecule is CN(C)C.COc1ccccc1. The van der Waals surface area contributed by atoms with E-state index in [1.807, 2.05) is 56.4 Å². The van der Waals surface area contributed by atoms with Crippen molar-refractivity contribution in [2.45, 2.75) is 0 Å². The summed E-state index contributed by atoms with van der Waals surface area (Å²) in [6, 6.07) is 9.68. The van der Waals surface area contributed by atoms with Crippen molar-refractivity contribution in [3.8, 4) is 5.75 Å². The number of rotatable bonds is 1. The van der Waals surface area contributed by atoms with Crippen molar-refractivity contribution in [1.82, 2.24) is 4.90 Å². The van der Waals surface area contributed by atoms with E-state index in [2.05, 4.69) is 0 Å². The summed E-state index contributed by atoms with van der Waals surface area (Å²) in [4.78, 5) is 2.00. The van der Waals surface area contributed by atoms with Crippen molar-refractivity contribution in [2.75, 3.05) is 28.3 Å². The van der Waals surface area contributed by atoms with Gasteiger partial charge in [0.05, 0.1) is 7.11 Å². The molecule has 0 aliphatic heterocycles. The molecule has 1 rings (SSSR count). The van der Waals surface area contributed by atoms with E-state index >= 15 is 0 Å². The zero-order valence-corrected chi connectivity index (χ0v) is 8.24. The van der Waals surface area contributed by atoms with E-state index in [0.29, 0.717) is 0 Å². The van der Waals surface area contributed by atoms with Crippen LogP contribution in [0.25, 0.3) is 0 Å². The highest BCUT2D eigenvalue weighted by Gasteiger charge is 1.80. The van der Waals surface area contributed by atoms with Crippen molar-refractivity contribution in [3.05, 3.63) is 30.3 Å². The van der Waals surface area contributed by atoms with Crippen molar-refractivity contribution in [2.24, 2.45) is 0 Å². The monoisotopic (exact) mass is 167 g/mol. The summed E-state index contributed by atoms with van der Waals surface area (Å²) in [7, 11) is 7.66. The summed E-state index contributed by atoms with van der Waals surface area (Å²) < 4.78 is 4.91. The maximum atomic E-state index is 4.91. The van der Waals surface area contributed by atoms with Crippen LogP contribution in [0.1, 0.15) is 0 Å². The third-order valence-electron chi connectivity index (χ3n) is 0.979. The normalized spacial score (nSPS) is 8.75. The molecule has 0 saturated heterocycles. The lowest BCUT2D eigenvalue weighted by atomic mass is 10.3. The molecule has 0 aliphatic rings. The lowest BCUT2D eigenvalue weighted by molar-refractivity contribution is 0.415. The molecule has 12 heavy (non-hydrogen) atoms. The van der Waals surface area contributed by atoms with Gasteiger partial charge in [-0.3, -0.25) is 0 Å². The van der Waals surface area contributed by atoms with Crippen LogP contribution in [0.5, 0.6) is 5.75 Å². The Hall–Kier alpha value is -1.02. The molecule has 0 amide bonds. The molecule has 0 radical (unpaired) electrons. The van der Waals surface area contributed by atoms with E-state index in [9.17, 15) is 0 Å². The fourth-order valence-corrected chi connectivity index (χ4v) is 0.557. The minimum Gasteiger partial charge on any atom is -0.497 e. The van der Waals surface area contributed by atoms with E-state index in [4.69, 9.17) is 4.74 Å². The highest BCUT2D eigenvalue weighted by atomic mass is 16.5. The highest BCUT2D eigenvalue weighted by Crippen LogP contribution is 2.05. The molecule has 0 spiro atoms. The van der Waals surface area contributed by atoms with Gasteiger partial charge in [0, 0.05) is 0 Å². The molecule has 0 atom stereocenters. The van der Waals surface area contributed by atoms with Gasteiger partial charge in [0.15, 0.2) is 0 Å². The molecule has 0 bridgehead atoms. The van der Waals surface area contributed by atoms with Gasteiger partial charge in [-0.1, -0.05) is 18.2 Å². The molecule has 0 aromatic heterocycles. The molecule has 1 aromatic carbocycles. The molecule has 1 aromatic rings. The first-order valence-corrected chi connectivity index (χ1v) is 3.86. The zero-order chi connectivity index (χ0) is 9.40. The molecular formula is C10H17NO. The summed E-state index contributed by atoms with van der Waals surface area (Å²) in [6.07, 6.45) is 0. The second-order valence-electron chi connectivity index (χ2n) is 2.86. The zero-order valence-electron chi connectivity index (χ0n) is 8.24. The lowest BCUT2D eigenvalue weighted by Gasteiger charge is -1.93. The van der Waals surface area contributed by atoms with Crippen LogP contribution >= 0.6 is 0 Å². The Kier molecular flexibility index (Phi) is 6.11. The van der Waals surface area contributed by atoms with Crippen LogP contribution in [-0.4, -0.2) is 33.2 Å². The molecule has 2 nitrogen and oxygen atoms in total. The van der Waals surface area contributed by atoms with Crippen molar-refractivity contribution in [1.29, 1.82) is 0 Å². The number of nitrogens with zero attached hydrogens (tertiary/aromatic N) is 1. The maximum absolute atomic E-state index is 4.91. The van der Waals surface area contributed by atoms with Crippen molar-refractivity contribution < 1.29 is 4.74 Å². The molecule has 0 aliphatic carbocycles. The average molecular weight is 167 g/mol. The minimum absolute atomic E-state index is 0.910. The average Bonchev–Trinajstić information content (AvgIpc) is 2.05. The van der Waals surface area contributed by atoms with Gasteiger partial charge < -0.3 is 9.64 Å². The van der Waals surface area contributed by atoms with E-state index in [0.717, 1.165) is 5.75 Å². The number of hydrogen-bond acceptors (Lipinski definition) is 2. The Morgan fingerprint density at radius 2 is 1.42 bits per heavy atom. The predicted molar refractivity (Wildman–Crippen MR) is 52.6 cm³/mol. The standard InChI is InChI=1S/C7H8O.C3H9N/c1-8-7-5-3-2-4-6-7;1-4(2)3/h2-6H,1H3;1-3H3. The lowest BCUT2D eigenvalue weighted by Crippen LogP contribution is -1.99. The third-order valence-corrected chi connectivity index (χ3v) is 0.979. The molecule has 2 heteroatoms. The van der Waals surface area contributed by atoms with Gasteiger partial charge in [0.2, 0.25) is 0 Å². The van der Waals surface area contributed by atoms with Crippen LogP contribution in [0.3, 0.4) is 0 Å². The Morgan fingerprint density at radius 1 is 1.00 bits per heavy atom. The molecule has 0 N–H and O–H groups in total. The highest BCUT2D eigenvalue weighted by molar-refractivity contribution is 5.20. The van der Waals surface area contributed by atoms with Gasteiger partial charge in [-0.15, -0.1) is 0 Å². The fourth-order valence-electron chi connectivity index (χ4n) is 0.557. The van der Waals surface area contributed by atoms with Gasteiger partial charge in [0.25, 0.3) is 0 Å². The van der Waals surface area contributed by atoms with Gasteiger partial charge in [0.1, 0.15) is 5.75 Å². The summed E-state index contributed by atoms with van der Waals surface area (Å²) >= 11 is 0. The van der Waals surface area contributed by atoms with Gasteiger partial charge in [-0.05, 0) is 33.3 Å². The van der Waals surface area contributed by atoms with E-state index in [-0.39, 0.29) is 0 Å². The van der Waals surface area contributed by atoms with Crippen molar-refractivity contribution in [3.63, 3.8) is 0 Å². The smallest absolute Gasteiger partial charge is 0.118 e. The molecule has 68 valence electrons. The van der Waals surface area contributed by atoms with Crippen LogP contribution in [0.4, 0.5) is 0 Å². The molecule has 0 saturated carbocycles. The number of benzene rings is 1. The van der Waals surface area contributed by atoms with Crippen LogP contribution in [0.2, 0.25) is 0 Å². The first kappa shape index (κ1) is 11.0. The van der Waals surface area contributed by atoms with E-state index in [1.165, 1.54) is 0 Å². The summed E-state index contributed by atoms with van der Waals surface area (Å²) in [5, 5.41) is 0. The van der Waals surface area contributed by atoms with Crippen LogP contribution in [-0.2, 0) is 0 Å². The van der Waals surface area contributed by atoms with Gasteiger partial charge >= 0.3 is 0 Å². The quantitative estimate of drug-likeness (QED) is 0.633.